The summed E-state index contributed by atoms with van der Waals surface area (Å²) in [6, 6.07) is 5.65. The van der Waals surface area contributed by atoms with Gasteiger partial charge in [0.25, 0.3) is 0 Å². The maximum atomic E-state index is 5.92. The first-order valence-corrected chi connectivity index (χ1v) is 5.55. The van der Waals surface area contributed by atoms with Gasteiger partial charge < -0.3 is 10.5 Å². The summed E-state index contributed by atoms with van der Waals surface area (Å²) in [5.41, 5.74) is 6.72. The van der Waals surface area contributed by atoms with Gasteiger partial charge in [-0.05, 0) is 25.0 Å². The highest BCUT2D eigenvalue weighted by atomic mass is 16.5. The summed E-state index contributed by atoms with van der Waals surface area (Å²) < 4.78 is 7.48. The first kappa shape index (κ1) is 9.59. The van der Waals surface area contributed by atoms with E-state index in [0.29, 0.717) is 5.82 Å². The van der Waals surface area contributed by atoms with Crippen LogP contribution in [-0.4, -0.2) is 27.3 Å². The van der Waals surface area contributed by atoms with Crippen molar-refractivity contribution in [1.29, 1.82) is 0 Å². The van der Waals surface area contributed by atoms with Gasteiger partial charge >= 0.3 is 0 Å². The van der Waals surface area contributed by atoms with Crippen molar-refractivity contribution >= 4 is 11.5 Å². The van der Waals surface area contributed by atoms with E-state index in [1.165, 1.54) is 0 Å². The summed E-state index contributed by atoms with van der Waals surface area (Å²) >= 11 is 0. The molecule has 3 heterocycles. The van der Waals surface area contributed by atoms with Crippen molar-refractivity contribution in [1.82, 2.24) is 14.6 Å². The van der Waals surface area contributed by atoms with Crippen molar-refractivity contribution in [2.45, 2.75) is 25.4 Å². The highest BCUT2D eigenvalue weighted by Crippen LogP contribution is 2.18. The maximum absolute atomic E-state index is 5.92. The molecule has 2 aromatic rings. The Morgan fingerprint density at radius 2 is 2.38 bits per heavy atom. The number of nitrogens with zero attached hydrogens (tertiary/aromatic N) is 3. The van der Waals surface area contributed by atoms with Gasteiger partial charge in [-0.3, -0.25) is 4.40 Å². The molecule has 0 aliphatic carbocycles. The molecule has 0 spiro atoms. The Hall–Kier alpha value is -1.62. The van der Waals surface area contributed by atoms with Crippen LogP contribution in [0.25, 0.3) is 5.65 Å². The summed E-state index contributed by atoms with van der Waals surface area (Å²) in [4.78, 5) is 0. The van der Waals surface area contributed by atoms with Crippen molar-refractivity contribution in [3.05, 3.63) is 24.0 Å². The number of aromatic nitrogens is 3. The van der Waals surface area contributed by atoms with Crippen molar-refractivity contribution in [3.8, 4) is 0 Å². The largest absolute Gasteiger partial charge is 0.385 e. The molecule has 1 saturated heterocycles. The Balaban J connectivity index is 1.97. The number of ether oxygens (including phenoxy) is 1. The summed E-state index contributed by atoms with van der Waals surface area (Å²) in [7, 11) is 0. The second-order valence-electron chi connectivity index (χ2n) is 4.10. The van der Waals surface area contributed by atoms with E-state index in [4.69, 9.17) is 10.5 Å². The van der Waals surface area contributed by atoms with Gasteiger partial charge in [-0.15, -0.1) is 10.2 Å². The van der Waals surface area contributed by atoms with Crippen LogP contribution in [0.3, 0.4) is 0 Å². The number of hydrogen-bond acceptors (Lipinski definition) is 4. The molecule has 0 radical (unpaired) electrons. The van der Waals surface area contributed by atoms with Crippen LogP contribution < -0.4 is 5.73 Å². The van der Waals surface area contributed by atoms with Crippen LogP contribution in [0.1, 0.15) is 18.7 Å². The molecule has 3 rings (SSSR count). The fourth-order valence-corrected chi connectivity index (χ4v) is 2.17. The van der Waals surface area contributed by atoms with Gasteiger partial charge in [0.1, 0.15) is 11.6 Å². The topological polar surface area (TPSA) is 65.4 Å². The average molecular weight is 218 g/mol. The number of hydrogen-bond donors (Lipinski definition) is 1. The normalized spacial score (nSPS) is 20.6. The molecular formula is C11H14N4O. The van der Waals surface area contributed by atoms with Gasteiger partial charge in [-0.1, -0.05) is 6.07 Å². The van der Waals surface area contributed by atoms with Crippen LogP contribution in [0, 0.1) is 0 Å². The third-order valence-electron chi connectivity index (χ3n) is 2.96. The van der Waals surface area contributed by atoms with Crippen molar-refractivity contribution in [2.75, 3.05) is 12.3 Å². The Bertz CT molecular complexity index is 502. The number of anilines is 1. The van der Waals surface area contributed by atoms with Gasteiger partial charge in [-0.2, -0.15) is 0 Å². The van der Waals surface area contributed by atoms with E-state index in [2.05, 4.69) is 10.2 Å². The molecule has 1 aliphatic rings. The van der Waals surface area contributed by atoms with Gasteiger partial charge in [0.2, 0.25) is 0 Å². The quantitative estimate of drug-likeness (QED) is 0.817. The molecule has 1 atom stereocenters. The molecule has 2 aromatic heterocycles. The molecule has 0 aromatic carbocycles. The minimum atomic E-state index is 0.270. The molecule has 1 aliphatic heterocycles. The highest BCUT2D eigenvalue weighted by molar-refractivity contribution is 5.47. The zero-order chi connectivity index (χ0) is 11.0. The molecular weight excluding hydrogens is 204 g/mol. The van der Waals surface area contributed by atoms with E-state index in [1.54, 1.807) is 0 Å². The Morgan fingerprint density at radius 3 is 3.19 bits per heavy atom. The minimum absolute atomic E-state index is 0.270. The third-order valence-corrected chi connectivity index (χ3v) is 2.96. The fourth-order valence-electron chi connectivity index (χ4n) is 2.17. The smallest absolute Gasteiger partial charge is 0.162 e. The van der Waals surface area contributed by atoms with Gasteiger partial charge in [-0.25, -0.2) is 0 Å². The average Bonchev–Trinajstić information content (AvgIpc) is 2.90. The molecule has 16 heavy (non-hydrogen) atoms. The predicted octanol–water partition coefficient (Wildman–Crippen LogP) is 1.03. The van der Waals surface area contributed by atoms with Crippen molar-refractivity contribution in [2.24, 2.45) is 0 Å². The molecule has 2 N–H and O–H groups in total. The SMILES string of the molecule is Nc1cccc2nnc(CC3CCCO3)n12. The van der Waals surface area contributed by atoms with Crippen LogP contribution in [0.2, 0.25) is 0 Å². The first-order valence-electron chi connectivity index (χ1n) is 5.55. The van der Waals surface area contributed by atoms with E-state index < -0.39 is 0 Å². The zero-order valence-corrected chi connectivity index (χ0v) is 8.97. The Morgan fingerprint density at radius 1 is 1.44 bits per heavy atom. The number of fused-ring (bicyclic) bond motifs is 1. The summed E-state index contributed by atoms with van der Waals surface area (Å²) in [6.07, 6.45) is 3.29. The van der Waals surface area contributed by atoms with E-state index in [1.807, 2.05) is 22.6 Å². The molecule has 1 fully saturated rings. The number of nitrogens with two attached hydrogens (primary N) is 1. The van der Waals surface area contributed by atoms with Crippen LogP contribution in [0.15, 0.2) is 18.2 Å². The summed E-state index contributed by atoms with van der Waals surface area (Å²) in [6.45, 7) is 0.858. The first-order chi connectivity index (χ1) is 7.84. The summed E-state index contributed by atoms with van der Waals surface area (Å²) in [5, 5.41) is 8.27. The van der Waals surface area contributed by atoms with Crippen molar-refractivity contribution in [3.63, 3.8) is 0 Å². The molecule has 0 bridgehead atoms. The van der Waals surface area contributed by atoms with Crippen LogP contribution in [-0.2, 0) is 11.2 Å². The molecule has 5 nitrogen and oxygen atoms in total. The van der Waals surface area contributed by atoms with Crippen LogP contribution in [0.5, 0.6) is 0 Å². The number of nitrogen functional groups attached to an aromatic ring is 1. The minimum Gasteiger partial charge on any atom is -0.385 e. The van der Waals surface area contributed by atoms with Gasteiger partial charge in [0.05, 0.1) is 6.10 Å². The van der Waals surface area contributed by atoms with Crippen molar-refractivity contribution < 1.29 is 4.74 Å². The highest BCUT2D eigenvalue weighted by Gasteiger charge is 2.19. The van der Waals surface area contributed by atoms with E-state index in [0.717, 1.165) is 37.3 Å². The third kappa shape index (κ3) is 1.53. The van der Waals surface area contributed by atoms with Gasteiger partial charge in [0, 0.05) is 13.0 Å². The lowest BCUT2D eigenvalue weighted by molar-refractivity contribution is 0.109. The van der Waals surface area contributed by atoms with Crippen LogP contribution in [0.4, 0.5) is 5.82 Å². The molecule has 0 saturated carbocycles. The molecule has 5 heteroatoms. The number of pyridine rings is 1. The maximum Gasteiger partial charge on any atom is 0.162 e. The molecule has 0 amide bonds. The Kier molecular flexibility index (Phi) is 2.25. The molecule has 1 unspecified atom stereocenters. The zero-order valence-electron chi connectivity index (χ0n) is 8.97. The summed E-state index contributed by atoms with van der Waals surface area (Å²) in [5.74, 6) is 1.57. The lowest BCUT2D eigenvalue weighted by Crippen LogP contribution is -2.12. The number of rotatable bonds is 2. The van der Waals surface area contributed by atoms with Crippen LogP contribution >= 0.6 is 0 Å². The van der Waals surface area contributed by atoms with E-state index in [-0.39, 0.29) is 6.10 Å². The van der Waals surface area contributed by atoms with Gasteiger partial charge in [0.15, 0.2) is 5.65 Å². The fraction of sp³-hybridized carbons (Fsp3) is 0.455. The lowest BCUT2D eigenvalue weighted by atomic mass is 10.2. The Labute approximate surface area is 93.2 Å². The van der Waals surface area contributed by atoms with E-state index >= 15 is 0 Å². The standard InChI is InChI=1S/C11H14N4O/c12-9-4-1-5-10-13-14-11(15(9)10)7-8-3-2-6-16-8/h1,4-5,8H,2-3,6-7,12H2. The second kappa shape index (κ2) is 3.75. The second-order valence-corrected chi connectivity index (χ2v) is 4.10. The predicted molar refractivity (Wildman–Crippen MR) is 60.1 cm³/mol. The lowest BCUT2D eigenvalue weighted by Gasteiger charge is -2.08. The van der Waals surface area contributed by atoms with E-state index in [9.17, 15) is 0 Å². The monoisotopic (exact) mass is 218 g/mol. The molecule has 84 valence electrons.